The Hall–Kier alpha value is -0.610. The number of likely N-dealkylation sites (N-methyl/N-ethyl adjacent to an activating group) is 1. The van der Waals surface area contributed by atoms with E-state index in [9.17, 15) is 4.79 Å². The molecular formula is C13H27N3O. The molecule has 0 spiro atoms. The van der Waals surface area contributed by atoms with E-state index in [4.69, 9.17) is 0 Å². The van der Waals surface area contributed by atoms with Gasteiger partial charge in [0.05, 0.1) is 0 Å². The Labute approximate surface area is 105 Å². The lowest BCUT2D eigenvalue weighted by Gasteiger charge is -2.21. The molecule has 0 radical (unpaired) electrons. The van der Waals surface area contributed by atoms with Gasteiger partial charge in [-0.25, -0.2) is 0 Å². The number of hydrogen-bond donors (Lipinski definition) is 2. The van der Waals surface area contributed by atoms with E-state index in [1.807, 2.05) is 0 Å². The highest BCUT2D eigenvalue weighted by atomic mass is 16.1. The van der Waals surface area contributed by atoms with Crippen LogP contribution < -0.4 is 10.6 Å². The molecule has 0 aromatic heterocycles. The molecule has 0 saturated carbocycles. The third-order valence-corrected chi connectivity index (χ3v) is 3.55. The number of carbonyl (C=O) groups excluding carboxylic acids is 1. The second kappa shape index (κ2) is 7.67. The van der Waals surface area contributed by atoms with Crippen LogP contribution in [-0.2, 0) is 4.79 Å². The molecule has 1 saturated heterocycles. The van der Waals surface area contributed by atoms with E-state index in [0.29, 0.717) is 18.5 Å². The summed E-state index contributed by atoms with van der Waals surface area (Å²) in [7, 11) is 2.08. The molecule has 1 aliphatic rings. The molecule has 0 aromatic rings. The summed E-state index contributed by atoms with van der Waals surface area (Å²) in [6.45, 7) is 7.11. The highest BCUT2D eigenvalue weighted by Gasteiger charge is 2.15. The monoisotopic (exact) mass is 241 g/mol. The fraction of sp³-hybridized carbons (Fsp3) is 0.923. The highest BCUT2D eigenvalue weighted by Crippen LogP contribution is 2.10. The van der Waals surface area contributed by atoms with E-state index in [1.165, 1.54) is 12.8 Å². The van der Waals surface area contributed by atoms with Crippen LogP contribution in [0.1, 0.15) is 39.5 Å². The normalized spacial score (nSPS) is 20.2. The number of hydrogen-bond acceptors (Lipinski definition) is 3. The highest BCUT2D eigenvalue weighted by molar-refractivity contribution is 5.75. The van der Waals surface area contributed by atoms with Crippen LogP contribution in [0, 0.1) is 0 Å². The largest absolute Gasteiger partial charge is 0.355 e. The molecular weight excluding hydrogens is 214 g/mol. The zero-order valence-corrected chi connectivity index (χ0v) is 11.5. The minimum absolute atomic E-state index is 0.191. The number of amides is 1. The molecule has 0 aliphatic carbocycles. The lowest BCUT2D eigenvalue weighted by atomic mass is 10.1. The summed E-state index contributed by atoms with van der Waals surface area (Å²) in [6, 6.07) is 1.11. The van der Waals surface area contributed by atoms with Gasteiger partial charge in [0, 0.05) is 31.6 Å². The molecule has 2 N–H and O–H groups in total. The fourth-order valence-corrected chi connectivity index (χ4v) is 2.03. The Balaban J connectivity index is 2.00. The smallest absolute Gasteiger partial charge is 0.220 e. The molecule has 100 valence electrons. The van der Waals surface area contributed by atoms with E-state index in [-0.39, 0.29) is 5.91 Å². The molecule has 17 heavy (non-hydrogen) atoms. The Bertz CT molecular complexity index is 225. The number of nitrogens with zero attached hydrogens (tertiary/aromatic N) is 1. The van der Waals surface area contributed by atoms with Gasteiger partial charge in [-0.1, -0.05) is 0 Å². The van der Waals surface area contributed by atoms with E-state index in [1.54, 1.807) is 0 Å². The number of nitrogens with one attached hydrogen (secondary N) is 2. The van der Waals surface area contributed by atoms with Crippen LogP contribution in [-0.4, -0.2) is 49.6 Å². The quantitative estimate of drug-likeness (QED) is 0.698. The van der Waals surface area contributed by atoms with Gasteiger partial charge in [-0.3, -0.25) is 4.79 Å². The Morgan fingerprint density at radius 2 is 2.29 bits per heavy atom. The first-order valence-electron chi connectivity index (χ1n) is 6.80. The maximum Gasteiger partial charge on any atom is 0.220 e. The molecule has 0 bridgehead atoms. The van der Waals surface area contributed by atoms with E-state index in [2.05, 4.69) is 36.4 Å². The average Bonchev–Trinajstić information content (AvgIpc) is 2.78. The molecule has 1 atom stereocenters. The summed E-state index contributed by atoms with van der Waals surface area (Å²) in [6.07, 6.45) is 4.11. The van der Waals surface area contributed by atoms with Gasteiger partial charge < -0.3 is 15.5 Å². The summed E-state index contributed by atoms with van der Waals surface area (Å²) < 4.78 is 0. The van der Waals surface area contributed by atoms with Crippen LogP contribution in [0.4, 0.5) is 0 Å². The van der Waals surface area contributed by atoms with Crippen molar-refractivity contribution in [1.82, 2.24) is 15.5 Å². The van der Waals surface area contributed by atoms with Gasteiger partial charge in [0.15, 0.2) is 0 Å². The van der Waals surface area contributed by atoms with E-state index < -0.39 is 0 Å². The van der Waals surface area contributed by atoms with E-state index in [0.717, 1.165) is 26.1 Å². The van der Waals surface area contributed by atoms with Crippen molar-refractivity contribution in [2.24, 2.45) is 0 Å². The second-order valence-corrected chi connectivity index (χ2v) is 5.26. The van der Waals surface area contributed by atoms with Gasteiger partial charge in [-0.15, -0.1) is 0 Å². The molecule has 1 unspecified atom stereocenters. The molecule has 4 nitrogen and oxygen atoms in total. The standard InChI is InChI=1S/C13H27N3O/c1-11(2)16(3)10-9-15-13(17)7-6-12-5-4-8-14-12/h11-12,14H,4-10H2,1-3H3,(H,15,17). The van der Waals surface area contributed by atoms with Gasteiger partial charge in [0.25, 0.3) is 0 Å². The predicted octanol–water partition coefficient (Wildman–Crippen LogP) is 0.975. The molecule has 1 rings (SSSR count). The molecule has 1 fully saturated rings. The maximum absolute atomic E-state index is 11.6. The third kappa shape index (κ3) is 6.03. The van der Waals surface area contributed by atoms with Gasteiger partial charge in [-0.2, -0.15) is 0 Å². The van der Waals surface area contributed by atoms with Gasteiger partial charge in [0.1, 0.15) is 0 Å². The first-order valence-corrected chi connectivity index (χ1v) is 6.80. The number of rotatable bonds is 7. The molecule has 1 amide bonds. The van der Waals surface area contributed by atoms with E-state index >= 15 is 0 Å². The zero-order chi connectivity index (χ0) is 12.7. The first kappa shape index (κ1) is 14.5. The minimum Gasteiger partial charge on any atom is -0.355 e. The zero-order valence-electron chi connectivity index (χ0n) is 11.5. The van der Waals surface area contributed by atoms with Crippen molar-refractivity contribution in [3.63, 3.8) is 0 Å². The summed E-state index contributed by atoms with van der Waals surface area (Å²) in [5.41, 5.74) is 0. The summed E-state index contributed by atoms with van der Waals surface area (Å²) in [5.74, 6) is 0.191. The van der Waals surface area contributed by atoms with Crippen molar-refractivity contribution in [3.05, 3.63) is 0 Å². The second-order valence-electron chi connectivity index (χ2n) is 5.26. The van der Waals surface area contributed by atoms with Gasteiger partial charge in [-0.05, 0) is 46.7 Å². The minimum atomic E-state index is 0.191. The topological polar surface area (TPSA) is 44.4 Å². The predicted molar refractivity (Wildman–Crippen MR) is 71.0 cm³/mol. The Morgan fingerprint density at radius 1 is 1.53 bits per heavy atom. The Morgan fingerprint density at radius 3 is 2.88 bits per heavy atom. The van der Waals surface area contributed by atoms with Crippen LogP contribution in [0.25, 0.3) is 0 Å². The average molecular weight is 241 g/mol. The third-order valence-electron chi connectivity index (χ3n) is 3.55. The fourth-order valence-electron chi connectivity index (χ4n) is 2.03. The van der Waals surface area contributed by atoms with Crippen LogP contribution in [0.3, 0.4) is 0 Å². The summed E-state index contributed by atoms with van der Waals surface area (Å²) in [5, 5.41) is 6.40. The van der Waals surface area contributed by atoms with Crippen LogP contribution >= 0.6 is 0 Å². The number of carbonyl (C=O) groups is 1. The molecule has 1 aliphatic heterocycles. The lowest BCUT2D eigenvalue weighted by molar-refractivity contribution is -0.121. The van der Waals surface area contributed by atoms with Crippen LogP contribution in [0.2, 0.25) is 0 Å². The molecule has 0 aromatic carbocycles. The van der Waals surface area contributed by atoms with Crippen LogP contribution in [0.5, 0.6) is 0 Å². The van der Waals surface area contributed by atoms with Crippen molar-refractivity contribution in [1.29, 1.82) is 0 Å². The first-order chi connectivity index (χ1) is 8.09. The maximum atomic E-state index is 11.6. The van der Waals surface area contributed by atoms with Crippen molar-refractivity contribution >= 4 is 5.91 Å². The summed E-state index contributed by atoms with van der Waals surface area (Å²) in [4.78, 5) is 13.8. The van der Waals surface area contributed by atoms with Crippen molar-refractivity contribution < 1.29 is 4.79 Å². The molecule has 4 heteroatoms. The SMILES string of the molecule is CC(C)N(C)CCNC(=O)CCC1CCCN1. The molecule has 1 heterocycles. The van der Waals surface area contributed by atoms with Crippen molar-refractivity contribution in [2.45, 2.75) is 51.6 Å². The van der Waals surface area contributed by atoms with Crippen LogP contribution in [0.15, 0.2) is 0 Å². The summed E-state index contributed by atoms with van der Waals surface area (Å²) >= 11 is 0. The van der Waals surface area contributed by atoms with Crippen molar-refractivity contribution in [2.75, 3.05) is 26.7 Å². The van der Waals surface area contributed by atoms with Gasteiger partial charge >= 0.3 is 0 Å². The lowest BCUT2D eigenvalue weighted by Crippen LogP contribution is -2.36. The van der Waals surface area contributed by atoms with Gasteiger partial charge in [0.2, 0.25) is 5.91 Å². The Kier molecular flexibility index (Phi) is 6.52. The van der Waals surface area contributed by atoms with Crippen molar-refractivity contribution in [3.8, 4) is 0 Å².